The lowest BCUT2D eigenvalue weighted by Gasteiger charge is -2.35. The van der Waals surface area contributed by atoms with Gasteiger partial charge in [0.25, 0.3) is 5.91 Å². The highest BCUT2D eigenvalue weighted by molar-refractivity contribution is 5.94. The fourth-order valence-electron chi connectivity index (χ4n) is 3.54. The molecule has 1 aliphatic heterocycles. The summed E-state index contributed by atoms with van der Waals surface area (Å²) in [6.45, 7) is 4.82. The topological polar surface area (TPSA) is 41.4 Å². The number of hydrogen-bond donors (Lipinski definition) is 0. The Kier molecular flexibility index (Phi) is 6.63. The Morgan fingerprint density at radius 1 is 0.935 bits per heavy atom. The molecule has 0 saturated carbocycles. The minimum absolute atomic E-state index is 0.0232. The summed E-state index contributed by atoms with van der Waals surface area (Å²) in [5.74, 6) is 0.123. The van der Waals surface area contributed by atoms with Crippen LogP contribution in [0.15, 0.2) is 30.6 Å². The Morgan fingerprint density at radius 3 is 2.03 bits per heavy atom. The van der Waals surface area contributed by atoms with Crippen molar-refractivity contribution in [2.45, 2.75) is 32.2 Å². The molecule has 1 fully saturated rings. The van der Waals surface area contributed by atoms with E-state index in [-0.39, 0.29) is 19.2 Å². The summed E-state index contributed by atoms with van der Waals surface area (Å²) in [7, 11) is 0. The highest BCUT2D eigenvalue weighted by atomic mass is 19.4. The van der Waals surface area contributed by atoms with Crippen molar-refractivity contribution in [2.24, 2.45) is 0 Å². The van der Waals surface area contributed by atoms with Crippen molar-refractivity contribution in [2.75, 3.05) is 32.7 Å². The van der Waals surface area contributed by atoms with Crippen LogP contribution in [0.2, 0.25) is 0 Å². The standard InChI is InChI=1S/C20H22F6N4O/c1-2-17-27-3-4-29(17)8-5-28-6-9-30(10-7-28)18(31)14-11-15(19(21,22)23)13-16(12-14)20(24,25)26/h3-4,11-13H,2,5-10H2,1H3. The summed E-state index contributed by atoms with van der Waals surface area (Å²) in [6, 6.07) is 0.986. The minimum atomic E-state index is -4.99. The van der Waals surface area contributed by atoms with Gasteiger partial charge in [-0.2, -0.15) is 26.3 Å². The van der Waals surface area contributed by atoms with Crippen LogP contribution in [0.1, 0.15) is 34.2 Å². The van der Waals surface area contributed by atoms with Crippen molar-refractivity contribution in [1.29, 1.82) is 0 Å². The molecule has 0 atom stereocenters. The first-order chi connectivity index (χ1) is 14.5. The van der Waals surface area contributed by atoms with Gasteiger partial charge in [-0.3, -0.25) is 9.69 Å². The van der Waals surface area contributed by atoms with Crippen LogP contribution < -0.4 is 0 Å². The maximum atomic E-state index is 13.0. The summed E-state index contributed by atoms with van der Waals surface area (Å²) in [5, 5.41) is 0. The molecule has 3 rings (SSSR count). The highest BCUT2D eigenvalue weighted by Gasteiger charge is 2.38. The molecular weight excluding hydrogens is 426 g/mol. The normalized spacial score (nSPS) is 16.0. The van der Waals surface area contributed by atoms with Crippen molar-refractivity contribution in [3.8, 4) is 0 Å². The van der Waals surface area contributed by atoms with E-state index < -0.39 is 35.0 Å². The number of alkyl halides is 6. The summed E-state index contributed by atoms with van der Waals surface area (Å²) in [4.78, 5) is 20.3. The molecule has 5 nitrogen and oxygen atoms in total. The van der Waals surface area contributed by atoms with Crippen molar-refractivity contribution in [1.82, 2.24) is 19.4 Å². The number of piperazine rings is 1. The maximum Gasteiger partial charge on any atom is 0.416 e. The fourth-order valence-corrected chi connectivity index (χ4v) is 3.54. The van der Waals surface area contributed by atoms with Gasteiger partial charge in [-0.1, -0.05) is 6.92 Å². The first-order valence-electron chi connectivity index (χ1n) is 9.80. The third kappa shape index (κ3) is 5.57. The monoisotopic (exact) mass is 448 g/mol. The SMILES string of the molecule is CCc1nccn1CCN1CCN(C(=O)c2cc(C(F)(F)F)cc(C(F)(F)F)c2)CC1. The zero-order valence-electron chi connectivity index (χ0n) is 16.8. The van der Waals surface area contributed by atoms with Gasteiger partial charge in [-0.25, -0.2) is 4.98 Å². The minimum Gasteiger partial charge on any atom is -0.336 e. The molecule has 0 N–H and O–H groups in total. The predicted octanol–water partition coefficient (Wildman–Crippen LogP) is 3.94. The van der Waals surface area contributed by atoms with Crippen molar-refractivity contribution in [3.05, 3.63) is 53.1 Å². The number of carbonyl (C=O) groups excluding carboxylic acids is 1. The second kappa shape index (κ2) is 8.89. The van der Waals surface area contributed by atoms with E-state index in [9.17, 15) is 31.1 Å². The lowest BCUT2D eigenvalue weighted by molar-refractivity contribution is -0.143. The number of aromatic nitrogens is 2. The summed E-state index contributed by atoms with van der Waals surface area (Å²) < 4.78 is 80.3. The van der Waals surface area contributed by atoms with Gasteiger partial charge in [-0.05, 0) is 18.2 Å². The Labute approximate surface area is 175 Å². The molecule has 0 bridgehead atoms. The largest absolute Gasteiger partial charge is 0.416 e. The number of carbonyl (C=O) groups is 1. The number of rotatable bonds is 5. The maximum absolute atomic E-state index is 13.0. The highest BCUT2D eigenvalue weighted by Crippen LogP contribution is 2.36. The Hall–Kier alpha value is -2.56. The third-order valence-electron chi connectivity index (χ3n) is 5.27. The quantitative estimate of drug-likeness (QED) is 0.651. The van der Waals surface area contributed by atoms with E-state index in [1.165, 1.54) is 4.90 Å². The van der Waals surface area contributed by atoms with E-state index >= 15 is 0 Å². The van der Waals surface area contributed by atoms with E-state index in [2.05, 4.69) is 9.88 Å². The van der Waals surface area contributed by atoms with Crippen molar-refractivity contribution < 1.29 is 31.1 Å². The van der Waals surface area contributed by atoms with E-state index in [4.69, 9.17) is 0 Å². The molecule has 1 saturated heterocycles. The lowest BCUT2D eigenvalue weighted by Crippen LogP contribution is -2.49. The molecule has 2 heterocycles. The fraction of sp³-hybridized carbons (Fsp3) is 0.500. The number of nitrogens with zero attached hydrogens (tertiary/aromatic N) is 4. The van der Waals surface area contributed by atoms with Crippen LogP contribution in [0, 0.1) is 0 Å². The molecule has 1 aromatic carbocycles. The van der Waals surface area contributed by atoms with Crippen LogP contribution in [-0.2, 0) is 25.3 Å². The zero-order chi connectivity index (χ0) is 22.8. The number of aryl methyl sites for hydroxylation is 1. The Morgan fingerprint density at radius 2 is 1.52 bits per heavy atom. The lowest BCUT2D eigenvalue weighted by atomic mass is 10.0. The van der Waals surface area contributed by atoms with Gasteiger partial charge in [0.1, 0.15) is 5.82 Å². The smallest absolute Gasteiger partial charge is 0.336 e. The molecule has 2 aromatic rings. The summed E-state index contributed by atoms with van der Waals surface area (Å²) in [6.07, 6.45) is -5.57. The van der Waals surface area contributed by atoms with E-state index in [0.29, 0.717) is 38.3 Å². The average Bonchev–Trinajstić information content (AvgIpc) is 3.18. The first kappa shape index (κ1) is 23.1. The predicted molar refractivity (Wildman–Crippen MR) is 100 cm³/mol. The molecule has 0 aliphatic carbocycles. The van der Waals surface area contributed by atoms with Gasteiger partial charge in [0.15, 0.2) is 0 Å². The van der Waals surface area contributed by atoms with Crippen LogP contribution >= 0.6 is 0 Å². The molecule has 1 aliphatic rings. The summed E-state index contributed by atoms with van der Waals surface area (Å²) >= 11 is 0. The second-order valence-electron chi connectivity index (χ2n) is 7.32. The van der Waals surface area contributed by atoms with Gasteiger partial charge in [0.2, 0.25) is 0 Å². The number of imidazole rings is 1. The summed E-state index contributed by atoms with van der Waals surface area (Å²) in [5.41, 5.74) is -3.59. The number of halogens is 6. The second-order valence-corrected chi connectivity index (χ2v) is 7.32. The van der Waals surface area contributed by atoms with Gasteiger partial charge in [0.05, 0.1) is 11.1 Å². The van der Waals surface area contributed by atoms with Crippen LogP contribution in [-0.4, -0.2) is 58.0 Å². The van der Waals surface area contributed by atoms with Crippen molar-refractivity contribution >= 4 is 5.91 Å². The number of benzene rings is 1. The molecule has 31 heavy (non-hydrogen) atoms. The third-order valence-corrected chi connectivity index (χ3v) is 5.27. The van der Waals surface area contributed by atoms with Crippen molar-refractivity contribution in [3.63, 3.8) is 0 Å². The van der Waals surface area contributed by atoms with Gasteiger partial charge < -0.3 is 9.47 Å². The molecule has 0 radical (unpaired) electrons. The molecular formula is C20H22F6N4O. The van der Waals surface area contributed by atoms with E-state index in [1.54, 1.807) is 6.20 Å². The number of hydrogen-bond acceptors (Lipinski definition) is 3. The van der Waals surface area contributed by atoms with Crippen LogP contribution in [0.25, 0.3) is 0 Å². The Bertz CT molecular complexity index is 881. The molecule has 1 aromatic heterocycles. The van der Waals surface area contributed by atoms with Gasteiger partial charge >= 0.3 is 12.4 Å². The zero-order valence-corrected chi connectivity index (χ0v) is 16.8. The Balaban J connectivity index is 1.66. The van der Waals surface area contributed by atoms with Crippen LogP contribution in [0.3, 0.4) is 0 Å². The van der Waals surface area contributed by atoms with E-state index in [1.807, 2.05) is 17.7 Å². The van der Waals surface area contributed by atoms with Crippen LogP contribution in [0.4, 0.5) is 26.3 Å². The molecule has 11 heteroatoms. The molecule has 0 unspecified atom stereocenters. The molecule has 1 amide bonds. The number of amides is 1. The van der Waals surface area contributed by atoms with Crippen LogP contribution in [0.5, 0.6) is 0 Å². The average molecular weight is 448 g/mol. The first-order valence-corrected chi connectivity index (χ1v) is 9.80. The molecule has 170 valence electrons. The molecule has 0 spiro atoms. The van der Waals surface area contributed by atoms with Gasteiger partial charge in [0, 0.05) is 63.6 Å². The van der Waals surface area contributed by atoms with Gasteiger partial charge in [-0.15, -0.1) is 0 Å². The van der Waals surface area contributed by atoms with E-state index in [0.717, 1.165) is 12.2 Å².